The number of carboxylic acids is 1. The van der Waals surface area contributed by atoms with Gasteiger partial charge in [-0.05, 0) is 60.9 Å². The van der Waals surface area contributed by atoms with Gasteiger partial charge in [-0.25, -0.2) is 0 Å². The van der Waals surface area contributed by atoms with Crippen molar-refractivity contribution in [1.82, 2.24) is 5.32 Å². The SMILES string of the molecule is Cc1cc(OCC(=O)N/C(=C/c2ccc3c(c2)OCCO3)C(=O)[O-])cc(C)c1Cl. The number of aliphatic carboxylic acids is 1. The van der Waals surface area contributed by atoms with E-state index in [0.29, 0.717) is 41.0 Å². The third-order valence-corrected chi connectivity index (χ3v) is 4.75. The molecule has 1 aliphatic heterocycles. The highest BCUT2D eigenvalue weighted by Crippen LogP contribution is 2.31. The van der Waals surface area contributed by atoms with Crippen LogP contribution in [-0.4, -0.2) is 31.7 Å². The molecule has 3 rings (SSSR count). The molecule has 0 saturated carbocycles. The normalized spacial score (nSPS) is 13.0. The van der Waals surface area contributed by atoms with E-state index in [-0.39, 0.29) is 6.61 Å². The monoisotopic (exact) mass is 416 g/mol. The maximum absolute atomic E-state index is 12.2. The number of benzene rings is 2. The number of ether oxygens (including phenoxy) is 3. The first kappa shape index (κ1) is 20.5. The highest BCUT2D eigenvalue weighted by Gasteiger charge is 2.13. The molecule has 0 radical (unpaired) electrons. The molecule has 2 aromatic rings. The number of amides is 1. The number of hydrogen-bond acceptors (Lipinski definition) is 6. The molecule has 0 atom stereocenters. The van der Waals surface area contributed by atoms with Gasteiger partial charge in [-0.2, -0.15) is 0 Å². The number of carboxylic acid groups (broad SMARTS) is 1. The molecule has 0 spiro atoms. The minimum Gasteiger partial charge on any atom is -0.543 e. The maximum Gasteiger partial charge on any atom is 0.262 e. The minimum atomic E-state index is -1.52. The van der Waals surface area contributed by atoms with Gasteiger partial charge in [0, 0.05) is 5.02 Å². The standard InChI is InChI=1S/C21H20ClNO6/c1-12-7-15(8-13(2)20(12)22)29-11-19(24)23-16(21(25)26)9-14-3-4-17-18(10-14)28-6-5-27-17/h3-4,7-10H,5-6,11H2,1-2H3,(H,23,24)(H,25,26)/p-1/b16-9+. The molecule has 1 aliphatic rings. The molecule has 1 N–H and O–H groups in total. The van der Waals surface area contributed by atoms with Crippen molar-refractivity contribution in [3.05, 3.63) is 57.7 Å². The molecule has 0 aliphatic carbocycles. The smallest absolute Gasteiger partial charge is 0.262 e. The van der Waals surface area contributed by atoms with E-state index in [2.05, 4.69) is 5.32 Å². The molecule has 8 heteroatoms. The number of rotatable bonds is 6. The molecule has 0 bridgehead atoms. The van der Waals surface area contributed by atoms with Gasteiger partial charge < -0.3 is 29.4 Å². The highest BCUT2D eigenvalue weighted by molar-refractivity contribution is 6.32. The van der Waals surface area contributed by atoms with Crippen molar-refractivity contribution in [2.45, 2.75) is 13.8 Å². The summed E-state index contributed by atoms with van der Waals surface area (Å²) in [6.45, 7) is 4.14. The average Bonchev–Trinajstić information content (AvgIpc) is 2.69. The molecule has 2 aromatic carbocycles. The maximum atomic E-state index is 12.2. The van der Waals surface area contributed by atoms with Gasteiger partial charge in [-0.3, -0.25) is 4.79 Å². The van der Waals surface area contributed by atoms with E-state index in [1.807, 2.05) is 13.8 Å². The van der Waals surface area contributed by atoms with Crippen molar-refractivity contribution in [2.24, 2.45) is 0 Å². The fourth-order valence-electron chi connectivity index (χ4n) is 2.79. The second-order valence-corrected chi connectivity index (χ2v) is 6.83. The van der Waals surface area contributed by atoms with Gasteiger partial charge in [0.15, 0.2) is 18.1 Å². The van der Waals surface area contributed by atoms with E-state index in [1.54, 1.807) is 30.3 Å². The van der Waals surface area contributed by atoms with Crippen LogP contribution in [0.2, 0.25) is 5.02 Å². The summed E-state index contributed by atoms with van der Waals surface area (Å²) in [6, 6.07) is 8.35. The van der Waals surface area contributed by atoms with Gasteiger partial charge in [-0.1, -0.05) is 17.7 Å². The summed E-state index contributed by atoms with van der Waals surface area (Å²) < 4.78 is 16.3. The number of fused-ring (bicyclic) bond motifs is 1. The fraction of sp³-hybridized carbons (Fsp3) is 0.238. The number of nitrogens with one attached hydrogen (secondary N) is 1. The van der Waals surface area contributed by atoms with Crippen molar-refractivity contribution in [2.75, 3.05) is 19.8 Å². The quantitative estimate of drug-likeness (QED) is 0.723. The van der Waals surface area contributed by atoms with Crippen LogP contribution in [0.1, 0.15) is 16.7 Å². The average molecular weight is 417 g/mol. The summed E-state index contributed by atoms with van der Waals surface area (Å²) in [4.78, 5) is 23.6. The van der Waals surface area contributed by atoms with Crippen molar-refractivity contribution in [3.63, 3.8) is 0 Å². The third-order valence-electron chi connectivity index (χ3n) is 4.15. The molecule has 152 valence electrons. The Hall–Kier alpha value is -3.19. The van der Waals surface area contributed by atoms with Crippen molar-refractivity contribution < 1.29 is 28.9 Å². The molecule has 0 fully saturated rings. The van der Waals surface area contributed by atoms with Gasteiger partial charge in [0.2, 0.25) is 0 Å². The summed E-state index contributed by atoms with van der Waals surface area (Å²) in [5.41, 5.74) is 1.75. The van der Waals surface area contributed by atoms with Crippen LogP contribution in [0.15, 0.2) is 36.0 Å². The summed E-state index contributed by atoms with van der Waals surface area (Å²) in [5, 5.41) is 14.3. The van der Waals surface area contributed by atoms with Crippen LogP contribution >= 0.6 is 11.6 Å². The lowest BCUT2D eigenvalue weighted by molar-refractivity contribution is -0.299. The summed E-state index contributed by atoms with van der Waals surface area (Å²) in [7, 11) is 0. The first-order chi connectivity index (χ1) is 13.8. The van der Waals surface area contributed by atoms with Crippen molar-refractivity contribution in [3.8, 4) is 17.2 Å². The molecular formula is C21H19ClNO6-. The molecule has 29 heavy (non-hydrogen) atoms. The van der Waals surface area contributed by atoms with Crippen LogP contribution < -0.4 is 24.6 Å². The Bertz CT molecular complexity index is 962. The van der Waals surface area contributed by atoms with E-state index in [4.69, 9.17) is 25.8 Å². The molecular weight excluding hydrogens is 398 g/mol. The van der Waals surface area contributed by atoms with Crippen molar-refractivity contribution in [1.29, 1.82) is 0 Å². The fourth-order valence-corrected chi connectivity index (χ4v) is 2.90. The Morgan fingerprint density at radius 2 is 1.79 bits per heavy atom. The molecule has 7 nitrogen and oxygen atoms in total. The lowest BCUT2D eigenvalue weighted by Crippen LogP contribution is -2.37. The Morgan fingerprint density at radius 1 is 1.14 bits per heavy atom. The van der Waals surface area contributed by atoms with E-state index < -0.39 is 17.6 Å². The van der Waals surface area contributed by atoms with Gasteiger partial charge in [0.1, 0.15) is 19.0 Å². The van der Waals surface area contributed by atoms with Crippen LogP contribution in [0.4, 0.5) is 0 Å². The van der Waals surface area contributed by atoms with E-state index in [9.17, 15) is 14.7 Å². The zero-order chi connectivity index (χ0) is 21.0. The van der Waals surface area contributed by atoms with E-state index in [1.165, 1.54) is 6.08 Å². The van der Waals surface area contributed by atoms with E-state index in [0.717, 1.165) is 11.1 Å². The second kappa shape index (κ2) is 8.87. The third kappa shape index (κ3) is 5.20. The number of hydrogen-bond donors (Lipinski definition) is 1. The molecule has 0 aromatic heterocycles. The Morgan fingerprint density at radius 3 is 2.45 bits per heavy atom. The molecule has 0 saturated heterocycles. The number of aryl methyl sites for hydroxylation is 2. The topological polar surface area (TPSA) is 96.9 Å². The highest BCUT2D eigenvalue weighted by atomic mass is 35.5. The second-order valence-electron chi connectivity index (χ2n) is 6.46. The van der Waals surface area contributed by atoms with Crippen LogP contribution in [0.25, 0.3) is 6.08 Å². The zero-order valence-electron chi connectivity index (χ0n) is 15.9. The molecule has 1 amide bonds. The zero-order valence-corrected chi connectivity index (χ0v) is 16.7. The van der Waals surface area contributed by atoms with Crippen LogP contribution in [0.3, 0.4) is 0 Å². The lowest BCUT2D eigenvalue weighted by Gasteiger charge is -2.18. The summed E-state index contributed by atoms with van der Waals surface area (Å²) in [6.07, 6.45) is 1.28. The molecule has 0 unspecified atom stereocenters. The van der Waals surface area contributed by atoms with Crippen LogP contribution in [0.5, 0.6) is 17.2 Å². The first-order valence-corrected chi connectivity index (χ1v) is 9.23. The van der Waals surface area contributed by atoms with Crippen LogP contribution in [-0.2, 0) is 9.59 Å². The predicted molar refractivity (Wildman–Crippen MR) is 105 cm³/mol. The van der Waals surface area contributed by atoms with Gasteiger partial charge >= 0.3 is 0 Å². The molecule has 1 heterocycles. The number of carbonyl (C=O) groups is 2. The van der Waals surface area contributed by atoms with Crippen molar-refractivity contribution >= 4 is 29.6 Å². The number of carbonyl (C=O) groups excluding carboxylic acids is 2. The first-order valence-electron chi connectivity index (χ1n) is 8.85. The van der Waals surface area contributed by atoms with Crippen LogP contribution in [0, 0.1) is 13.8 Å². The lowest BCUT2D eigenvalue weighted by atomic mass is 10.1. The number of halogens is 1. The van der Waals surface area contributed by atoms with Gasteiger partial charge in [0.25, 0.3) is 5.91 Å². The van der Waals surface area contributed by atoms with Gasteiger partial charge in [0.05, 0.1) is 11.7 Å². The Kier molecular flexibility index (Phi) is 6.29. The Balaban J connectivity index is 1.68. The van der Waals surface area contributed by atoms with Gasteiger partial charge in [-0.15, -0.1) is 0 Å². The summed E-state index contributed by atoms with van der Waals surface area (Å²) >= 11 is 6.11. The largest absolute Gasteiger partial charge is 0.543 e. The summed E-state index contributed by atoms with van der Waals surface area (Å²) in [5.74, 6) is -0.611. The predicted octanol–water partition coefficient (Wildman–Crippen LogP) is 2.01. The minimum absolute atomic E-state index is 0.369. The van der Waals surface area contributed by atoms with E-state index >= 15 is 0 Å². The Labute approximate surface area is 172 Å².